The largest absolute Gasteiger partial charge is 2.00 e. The van der Waals surface area contributed by atoms with Crippen molar-refractivity contribution in [1.82, 2.24) is 0 Å². The average molecular weight is 477 g/mol. The fraction of sp³-hybridized carbons (Fsp3) is 0. The summed E-state index contributed by atoms with van der Waals surface area (Å²) in [7, 11) is -9.11. The second-order valence-corrected chi connectivity index (χ2v) is 14.4. The van der Waals surface area contributed by atoms with E-state index in [0.717, 1.165) is 0 Å². The molecule has 0 saturated heterocycles. The van der Waals surface area contributed by atoms with E-state index in [9.17, 15) is 25.9 Å². The predicted octanol–water partition coefficient (Wildman–Crippen LogP) is -3.12. The van der Waals surface area contributed by atoms with E-state index in [2.05, 4.69) is 0 Å². The number of hydrogen-bond donors (Lipinski definition) is 0. The molecule has 84 valence electrons. The van der Waals surface area contributed by atoms with Gasteiger partial charge in [-0.15, -0.1) is 0 Å². The summed E-state index contributed by atoms with van der Waals surface area (Å²) in [6.45, 7) is 0. The number of hydrogen-bond acceptors (Lipinski definition) is 8. The Morgan fingerprint density at radius 1 is 0.857 bits per heavy atom. The van der Waals surface area contributed by atoms with Gasteiger partial charge in [-0.25, -0.2) is 0 Å². The first-order valence-electron chi connectivity index (χ1n) is 1.67. The quantitative estimate of drug-likeness (QED) is 0.232. The molecule has 0 aromatic carbocycles. The van der Waals surface area contributed by atoms with Gasteiger partial charge in [0.15, 0.2) is 0 Å². The molecule has 0 aromatic heterocycles. The minimum absolute atomic E-state index is 0. The molecule has 8 nitrogen and oxygen atoms in total. The van der Waals surface area contributed by atoms with E-state index in [1.54, 1.807) is 0 Å². The van der Waals surface area contributed by atoms with Crippen LogP contribution in [0.3, 0.4) is 0 Å². The molecule has 0 rings (SSSR count). The summed E-state index contributed by atoms with van der Waals surface area (Å²) < 4.78 is 59.0. The molecule has 14 heteroatoms. The maximum atomic E-state index is 9.83. The molecule has 0 aliphatic heterocycles. The molecule has 0 radical (unpaired) electrons. The Labute approximate surface area is 133 Å². The molecule has 0 aliphatic carbocycles. The molecule has 4 N–H and O–H groups in total. The SMILES string of the molecule is O.O.O=S(=O)([O-])S[Se]SS(=O)(=O)[O-].[Ba+2]. The Morgan fingerprint density at radius 3 is 1.21 bits per heavy atom. The second-order valence-electron chi connectivity index (χ2n) is 1.02. The van der Waals surface area contributed by atoms with Gasteiger partial charge in [-0.3, -0.25) is 0 Å². The minimum atomic E-state index is -4.48. The maximum Gasteiger partial charge on any atom is 2.00 e. The minimum Gasteiger partial charge on any atom is 2.00 e. The summed E-state index contributed by atoms with van der Waals surface area (Å²) in [5.74, 6) is 0. The first-order valence-corrected chi connectivity index (χ1v) is 11.2. The molecular weight excluding hydrogens is 473 g/mol. The third-order valence-electron chi connectivity index (χ3n) is 0.222. The Kier molecular flexibility index (Phi) is 19.4. The van der Waals surface area contributed by atoms with Crippen LogP contribution >= 0.6 is 18.4 Å². The molecule has 0 amide bonds. The van der Waals surface area contributed by atoms with Crippen LogP contribution in [0, 0.1) is 0 Å². The second kappa shape index (κ2) is 10.7. The zero-order valence-corrected chi connectivity index (χ0v) is 15.6. The van der Waals surface area contributed by atoms with Crippen molar-refractivity contribution in [3.05, 3.63) is 0 Å². The molecule has 0 fully saturated rings. The van der Waals surface area contributed by atoms with E-state index in [-0.39, 0.29) is 78.3 Å². The summed E-state index contributed by atoms with van der Waals surface area (Å²) >= 11 is -1.12. The van der Waals surface area contributed by atoms with Gasteiger partial charge in [0.2, 0.25) is 0 Å². The van der Waals surface area contributed by atoms with Crippen molar-refractivity contribution in [3.63, 3.8) is 0 Å². The Hall–Kier alpha value is 2.53. The van der Waals surface area contributed by atoms with Crippen molar-refractivity contribution in [2.75, 3.05) is 0 Å². The monoisotopic (exact) mass is 478 g/mol. The fourth-order valence-corrected chi connectivity index (χ4v) is 14.3. The smallest absolute Gasteiger partial charge is 2.00 e. The van der Waals surface area contributed by atoms with Gasteiger partial charge in [0.05, 0.1) is 0 Å². The first-order chi connectivity index (χ1) is 4.71. The predicted molar refractivity (Wildman–Crippen MR) is 53.3 cm³/mol. The maximum absolute atomic E-state index is 9.83. The summed E-state index contributed by atoms with van der Waals surface area (Å²) in [5.41, 5.74) is 0. The van der Waals surface area contributed by atoms with E-state index in [0.29, 0.717) is 0 Å². The third kappa shape index (κ3) is 24.0. The van der Waals surface area contributed by atoms with Crippen LogP contribution in [0.4, 0.5) is 0 Å². The van der Waals surface area contributed by atoms with Gasteiger partial charge in [-0.05, 0) is 0 Å². The average Bonchev–Trinajstić information content (AvgIpc) is 1.55. The molecule has 14 heavy (non-hydrogen) atoms. The first kappa shape index (κ1) is 25.4. The van der Waals surface area contributed by atoms with Crippen molar-refractivity contribution in [3.8, 4) is 0 Å². The normalized spacial score (nSPS) is 10.4. The van der Waals surface area contributed by atoms with Crippen LogP contribution in [0.1, 0.15) is 0 Å². The molecule has 0 bridgehead atoms. The summed E-state index contributed by atoms with van der Waals surface area (Å²) in [6.07, 6.45) is 0. The van der Waals surface area contributed by atoms with Gasteiger partial charge in [0, 0.05) is 0 Å². The molecule has 0 spiro atoms. The fourth-order valence-electron chi connectivity index (χ4n) is 0.0794. The van der Waals surface area contributed by atoms with Crippen LogP contribution in [0.25, 0.3) is 0 Å². The summed E-state index contributed by atoms with van der Waals surface area (Å²) in [6, 6.07) is 0. The van der Waals surface area contributed by atoms with E-state index >= 15 is 0 Å². The van der Waals surface area contributed by atoms with E-state index < -0.39 is 31.0 Å². The molecular formula is H4BaO8S4Se. The molecule has 0 heterocycles. The summed E-state index contributed by atoms with van der Waals surface area (Å²) in [4.78, 5) is 0. The zero-order chi connectivity index (χ0) is 9.12. The van der Waals surface area contributed by atoms with E-state index in [1.165, 1.54) is 0 Å². The van der Waals surface area contributed by atoms with Gasteiger partial charge >= 0.3 is 124 Å². The van der Waals surface area contributed by atoms with Crippen LogP contribution in [0.2, 0.25) is 0 Å². The zero-order valence-electron chi connectivity index (χ0n) is 6.20. The Balaban J connectivity index is -0.000000167. The van der Waals surface area contributed by atoms with Crippen LogP contribution in [-0.4, -0.2) is 98.5 Å². The van der Waals surface area contributed by atoms with Crippen LogP contribution in [0.5, 0.6) is 0 Å². The van der Waals surface area contributed by atoms with E-state index in [1.807, 2.05) is 0 Å². The van der Waals surface area contributed by atoms with Gasteiger partial charge in [0.1, 0.15) is 0 Å². The van der Waals surface area contributed by atoms with Gasteiger partial charge in [-0.2, -0.15) is 0 Å². The van der Waals surface area contributed by atoms with Crippen molar-refractivity contribution in [2.45, 2.75) is 0 Å². The molecule has 0 atom stereocenters. The van der Waals surface area contributed by atoms with Crippen LogP contribution in [-0.2, 0) is 18.3 Å². The molecule has 0 aliphatic rings. The van der Waals surface area contributed by atoms with Gasteiger partial charge in [-0.1, -0.05) is 0 Å². The van der Waals surface area contributed by atoms with Crippen molar-refractivity contribution in [1.29, 1.82) is 0 Å². The van der Waals surface area contributed by atoms with Gasteiger partial charge in [0.25, 0.3) is 0 Å². The standard InChI is InChI=1S/Ba.H2O6S4Se.2H2O/c;1-9(2,3)7-11-8-10(4,5)6;;/h;(H,1,2,3)(H,4,5,6);2*1H2/q+2;;;/p-2. The Bertz CT molecular complexity index is 270. The molecule has 0 aromatic rings. The van der Waals surface area contributed by atoms with Crippen LogP contribution in [0.15, 0.2) is 0 Å². The van der Waals surface area contributed by atoms with Crippen molar-refractivity contribution in [2.24, 2.45) is 0 Å². The topological polar surface area (TPSA) is 177 Å². The summed E-state index contributed by atoms with van der Waals surface area (Å²) in [5, 5.41) is 0. The van der Waals surface area contributed by atoms with Crippen molar-refractivity contribution < 1.29 is 36.9 Å². The third-order valence-corrected chi connectivity index (χ3v) is 15.6. The van der Waals surface area contributed by atoms with E-state index in [4.69, 9.17) is 0 Å². The van der Waals surface area contributed by atoms with Crippen LogP contribution < -0.4 is 0 Å². The Morgan fingerprint density at radius 2 is 1.07 bits per heavy atom. The van der Waals surface area contributed by atoms with Gasteiger partial charge < -0.3 is 11.0 Å². The number of rotatable bonds is 4. The molecule has 0 unspecified atom stereocenters. The van der Waals surface area contributed by atoms with Crippen molar-refractivity contribution >= 4 is 98.3 Å². The molecule has 0 saturated carbocycles.